The number of carbonyl (C=O) groups excluding carboxylic acids is 1. The highest BCUT2D eigenvalue weighted by Gasteiger charge is 2.24. The number of piperidine rings is 1. The fourth-order valence-corrected chi connectivity index (χ4v) is 2.90. The van der Waals surface area contributed by atoms with Crippen LogP contribution in [0.2, 0.25) is 0 Å². The zero-order valence-electron chi connectivity index (χ0n) is 11.5. The highest BCUT2D eigenvalue weighted by atomic mass is 16.5. The van der Waals surface area contributed by atoms with Gasteiger partial charge in [0.25, 0.3) is 0 Å². The van der Waals surface area contributed by atoms with Gasteiger partial charge in [0.05, 0.1) is 6.10 Å². The van der Waals surface area contributed by atoms with Gasteiger partial charge in [0, 0.05) is 26.1 Å². The molecule has 4 heteroatoms. The second kappa shape index (κ2) is 7.10. The van der Waals surface area contributed by atoms with Crippen molar-refractivity contribution in [3.05, 3.63) is 0 Å². The molecule has 1 N–H and O–H groups in total. The third-order valence-electron chi connectivity index (χ3n) is 4.10. The number of nitrogens with one attached hydrogen (secondary N) is 1. The van der Waals surface area contributed by atoms with Gasteiger partial charge in [0.15, 0.2) is 0 Å². The molecule has 1 unspecified atom stereocenters. The lowest BCUT2D eigenvalue weighted by atomic mass is 9.94. The van der Waals surface area contributed by atoms with Crippen molar-refractivity contribution in [3.8, 4) is 0 Å². The van der Waals surface area contributed by atoms with Gasteiger partial charge in [0.2, 0.25) is 5.91 Å². The van der Waals surface area contributed by atoms with E-state index in [-0.39, 0.29) is 6.10 Å². The number of ether oxygens (including phenoxy) is 1. The van der Waals surface area contributed by atoms with Crippen molar-refractivity contribution in [2.45, 2.75) is 45.1 Å². The van der Waals surface area contributed by atoms with Crippen LogP contribution in [0.1, 0.15) is 39.0 Å². The SMILES string of the molecule is CCN(CC1CCCO1)C(=O)CC1CCNCC1. The van der Waals surface area contributed by atoms with Crippen LogP contribution >= 0.6 is 0 Å². The number of likely N-dealkylation sites (N-methyl/N-ethyl adjacent to an activating group) is 1. The van der Waals surface area contributed by atoms with Crippen LogP contribution in [0.15, 0.2) is 0 Å². The molecule has 104 valence electrons. The lowest BCUT2D eigenvalue weighted by Crippen LogP contribution is -2.39. The number of hydrogen-bond acceptors (Lipinski definition) is 3. The Morgan fingerprint density at radius 2 is 2.11 bits per heavy atom. The minimum Gasteiger partial charge on any atom is -0.376 e. The van der Waals surface area contributed by atoms with Gasteiger partial charge in [-0.25, -0.2) is 0 Å². The summed E-state index contributed by atoms with van der Waals surface area (Å²) in [5.74, 6) is 0.900. The van der Waals surface area contributed by atoms with Crippen molar-refractivity contribution >= 4 is 5.91 Å². The van der Waals surface area contributed by atoms with Crippen molar-refractivity contribution in [3.63, 3.8) is 0 Å². The second-order valence-corrected chi connectivity index (χ2v) is 5.46. The average Bonchev–Trinajstić information content (AvgIpc) is 2.90. The monoisotopic (exact) mass is 254 g/mol. The summed E-state index contributed by atoms with van der Waals surface area (Å²) in [6, 6.07) is 0. The summed E-state index contributed by atoms with van der Waals surface area (Å²) in [5.41, 5.74) is 0. The largest absolute Gasteiger partial charge is 0.376 e. The number of hydrogen-bond donors (Lipinski definition) is 1. The average molecular weight is 254 g/mol. The number of rotatable bonds is 5. The van der Waals surface area contributed by atoms with Crippen molar-refractivity contribution < 1.29 is 9.53 Å². The van der Waals surface area contributed by atoms with Gasteiger partial charge in [-0.2, -0.15) is 0 Å². The first-order chi connectivity index (χ1) is 8.79. The summed E-state index contributed by atoms with van der Waals surface area (Å²) in [4.78, 5) is 14.3. The molecule has 0 bridgehead atoms. The van der Waals surface area contributed by atoms with E-state index in [1.165, 1.54) is 0 Å². The molecule has 1 amide bonds. The number of amides is 1. The van der Waals surface area contributed by atoms with E-state index in [4.69, 9.17) is 4.74 Å². The van der Waals surface area contributed by atoms with Crippen LogP contribution in [-0.4, -0.2) is 49.7 Å². The van der Waals surface area contributed by atoms with E-state index in [1.54, 1.807) is 0 Å². The van der Waals surface area contributed by atoms with Crippen LogP contribution < -0.4 is 5.32 Å². The summed E-state index contributed by atoms with van der Waals surface area (Å²) in [7, 11) is 0. The molecule has 0 aliphatic carbocycles. The Labute approximate surface area is 110 Å². The maximum Gasteiger partial charge on any atom is 0.222 e. The lowest BCUT2D eigenvalue weighted by Gasteiger charge is -2.28. The first kappa shape index (κ1) is 13.8. The molecular weight excluding hydrogens is 228 g/mol. The molecular formula is C14H26N2O2. The molecule has 0 aromatic carbocycles. The zero-order valence-corrected chi connectivity index (χ0v) is 11.5. The molecule has 0 radical (unpaired) electrons. The predicted octanol–water partition coefficient (Wildman–Crippen LogP) is 1.40. The molecule has 0 saturated carbocycles. The molecule has 1 atom stereocenters. The minimum absolute atomic E-state index is 0.280. The highest BCUT2D eigenvalue weighted by molar-refractivity contribution is 5.76. The topological polar surface area (TPSA) is 41.6 Å². The van der Waals surface area contributed by atoms with Crippen LogP contribution in [0, 0.1) is 5.92 Å². The summed E-state index contributed by atoms with van der Waals surface area (Å²) < 4.78 is 5.62. The van der Waals surface area contributed by atoms with Gasteiger partial charge in [-0.3, -0.25) is 4.79 Å². The Morgan fingerprint density at radius 3 is 2.72 bits per heavy atom. The van der Waals surface area contributed by atoms with Gasteiger partial charge in [-0.15, -0.1) is 0 Å². The Balaban J connectivity index is 1.76. The molecule has 0 aromatic heterocycles. The zero-order chi connectivity index (χ0) is 12.8. The Bertz CT molecular complexity index is 259. The third-order valence-corrected chi connectivity index (χ3v) is 4.10. The maximum absolute atomic E-state index is 12.3. The fourth-order valence-electron chi connectivity index (χ4n) is 2.90. The molecule has 0 aromatic rings. The Hall–Kier alpha value is -0.610. The van der Waals surface area contributed by atoms with Crippen molar-refractivity contribution in [1.82, 2.24) is 10.2 Å². The lowest BCUT2D eigenvalue weighted by molar-refractivity contribution is -0.133. The minimum atomic E-state index is 0.280. The van der Waals surface area contributed by atoms with Gasteiger partial charge in [-0.05, 0) is 51.6 Å². The molecule has 0 spiro atoms. The fraction of sp³-hybridized carbons (Fsp3) is 0.929. The van der Waals surface area contributed by atoms with E-state index in [2.05, 4.69) is 12.2 Å². The summed E-state index contributed by atoms with van der Waals surface area (Å²) >= 11 is 0. The van der Waals surface area contributed by atoms with Gasteiger partial charge in [0.1, 0.15) is 0 Å². The summed E-state index contributed by atoms with van der Waals surface area (Å²) in [6.07, 6.45) is 5.54. The van der Waals surface area contributed by atoms with E-state index in [1.807, 2.05) is 4.90 Å². The van der Waals surface area contributed by atoms with E-state index in [0.717, 1.165) is 64.9 Å². The highest BCUT2D eigenvalue weighted by Crippen LogP contribution is 2.19. The number of nitrogens with zero attached hydrogens (tertiary/aromatic N) is 1. The summed E-state index contributed by atoms with van der Waals surface area (Å²) in [5, 5.41) is 3.35. The van der Waals surface area contributed by atoms with Crippen molar-refractivity contribution in [1.29, 1.82) is 0 Å². The third kappa shape index (κ3) is 3.95. The molecule has 2 rings (SSSR count). The van der Waals surface area contributed by atoms with Crippen LogP contribution in [0.4, 0.5) is 0 Å². The Morgan fingerprint density at radius 1 is 1.33 bits per heavy atom. The standard InChI is InChI=1S/C14H26N2O2/c1-2-16(11-13-4-3-9-18-13)14(17)10-12-5-7-15-8-6-12/h12-13,15H,2-11H2,1H3. The van der Waals surface area contributed by atoms with Crippen LogP contribution in [0.5, 0.6) is 0 Å². The van der Waals surface area contributed by atoms with E-state index in [0.29, 0.717) is 11.8 Å². The van der Waals surface area contributed by atoms with Gasteiger partial charge in [-0.1, -0.05) is 0 Å². The van der Waals surface area contributed by atoms with Crippen LogP contribution in [0.3, 0.4) is 0 Å². The first-order valence-corrected chi connectivity index (χ1v) is 7.39. The molecule has 4 nitrogen and oxygen atoms in total. The van der Waals surface area contributed by atoms with Crippen molar-refractivity contribution in [2.24, 2.45) is 5.92 Å². The molecule has 2 heterocycles. The van der Waals surface area contributed by atoms with Crippen LogP contribution in [-0.2, 0) is 9.53 Å². The van der Waals surface area contributed by atoms with E-state index >= 15 is 0 Å². The normalized spacial score (nSPS) is 25.3. The maximum atomic E-state index is 12.3. The van der Waals surface area contributed by atoms with E-state index < -0.39 is 0 Å². The second-order valence-electron chi connectivity index (χ2n) is 5.46. The smallest absolute Gasteiger partial charge is 0.222 e. The molecule has 2 aliphatic rings. The van der Waals surface area contributed by atoms with E-state index in [9.17, 15) is 4.79 Å². The van der Waals surface area contributed by atoms with Crippen LogP contribution in [0.25, 0.3) is 0 Å². The first-order valence-electron chi connectivity index (χ1n) is 7.39. The quantitative estimate of drug-likeness (QED) is 0.806. The molecule has 2 saturated heterocycles. The van der Waals surface area contributed by atoms with Gasteiger partial charge < -0.3 is 15.0 Å². The Kier molecular flexibility index (Phi) is 5.45. The van der Waals surface area contributed by atoms with Crippen molar-refractivity contribution in [2.75, 3.05) is 32.8 Å². The molecule has 2 fully saturated rings. The molecule has 18 heavy (non-hydrogen) atoms. The predicted molar refractivity (Wildman–Crippen MR) is 71.4 cm³/mol. The van der Waals surface area contributed by atoms with Gasteiger partial charge >= 0.3 is 0 Å². The number of carbonyl (C=O) groups is 1. The summed E-state index contributed by atoms with van der Waals surface area (Å²) in [6.45, 7) is 6.66. The molecule has 2 aliphatic heterocycles.